The van der Waals surface area contributed by atoms with Crippen LogP contribution in [0.4, 0.5) is 0 Å². The lowest BCUT2D eigenvalue weighted by Crippen LogP contribution is -2.38. The third-order valence-corrected chi connectivity index (χ3v) is 7.54. The highest BCUT2D eigenvalue weighted by Gasteiger charge is 2.38. The highest BCUT2D eigenvalue weighted by atomic mass is 16.3. The molecule has 1 aliphatic carbocycles. The second-order valence-electron chi connectivity index (χ2n) is 9.66. The van der Waals surface area contributed by atoms with Crippen LogP contribution in [0, 0.1) is 0 Å². The van der Waals surface area contributed by atoms with Gasteiger partial charge in [0.15, 0.2) is 0 Å². The summed E-state index contributed by atoms with van der Waals surface area (Å²) in [6, 6.07) is 8.90. The number of benzene rings is 1. The summed E-state index contributed by atoms with van der Waals surface area (Å²) >= 11 is 0. The number of allylic oxidation sites excluding steroid dienone is 2. The number of fused-ring (bicyclic) bond motifs is 1. The third-order valence-electron chi connectivity index (χ3n) is 7.54. The second-order valence-corrected chi connectivity index (χ2v) is 9.66. The molecule has 2 N–H and O–H groups in total. The van der Waals surface area contributed by atoms with Crippen LogP contribution < -0.4 is 10.9 Å². The summed E-state index contributed by atoms with van der Waals surface area (Å²) in [7, 11) is 1.86. The zero-order valence-corrected chi connectivity index (χ0v) is 21.3. The van der Waals surface area contributed by atoms with Gasteiger partial charge in [-0.3, -0.25) is 4.79 Å². The molecule has 1 saturated carbocycles. The van der Waals surface area contributed by atoms with Gasteiger partial charge in [0.25, 0.3) is 0 Å². The van der Waals surface area contributed by atoms with Crippen molar-refractivity contribution in [2.45, 2.75) is 70.8 Å². The molecule has 0 unspecified atom stereocenters. The van der Waals surface area contributed by atoms with Crippen LogP contribution in [0.2, 0.25) is 0 Å². The Morgan fingerprint density at radius 2 is 2.03 bits per heavy atom. The van der Waals surface area contributed by atoms with Gasteiger partial charge in [-0.25, -0.2) is 0 Å². The van der Waals surface area contributed by atoms with Gasteiger partial charge in [-0.15, -0.1) is 0 Å². The molecule has 1 aromatic carbocycles. The summed E-state index contributed by atoms with van der Waals surface area (Å²) < 4.78 is 2.03. The van der Waals surface area contributed by atoms with E-state index >= 15 is 0 Å². The molecule has 186 valence electrons. The van der Waals surface area contributed by atoms with Crippen LogP contribution in [-0.4, -0.2) is 33.1 Å². The number of nitrogens with zero attached hydrogens (tertiary/aromatic N) is 3. The van der Waals surface area contributed by atoms with Gasteiger partial charge in [0.2, 0.25) is 5.75 Å². The van der Waals surface area contributed by atoms with Crippen molar-refractivity contribution in [3.8, 4) is 5.75 Å². The fraction of sp³-hybridized carbons (Fsp3) is 0.448. The topological polar surface area (TPSA) is 70.4 Å². The molecule has 4 rings (SSSR count). The zero-order valence-electron chi connectivity index (χ0n) is 21.3. The van der Waals surface area contributed by atoms with Gasteiger partial charge in [-0.1, -0.05) is 63.6 Å². The van der Waals surface area contributed by atoms with Crippen molar-refractivity contribution in [1.82, 2.24) is 19.8 Å². The Morgan fingerprint density at radius 3 is 2.71 bits per heavy atom. The molecule has 0 amide bonds. The SMILES string of the molecule is C=C1c2c(O)c(=O)nc(CC3(c4cccc(CC)c4)CCCC3)n2CCN1C(/C=C\NC)=C/CC. The van der Waals surface area contributed by atoms with E-state index in [0.29, 0.717) is 30.9 Å². The average Bonchev–Trinajstić information content (AvgIpc) is 3.35. The molecule has 1 aromatic heterocycles. The largest absolute Gasteiger partial charge is 0.501 e. The maximum absolute atomic E-state index is 12.9. The van der Waals surface area contributed by atoms with E-state index in [2.05, 4.69) is 66.0 Å². The van der Waals surface area contributed by atoms with Crippen molar-refractivity contribution >= 4 is 5.70 Å². The molecule has 2 aliphatic rings. The van der Waals surface area contributed by atoms with E-state index in [1.54, 1.807) is 0 Å². The Morgan fingerprint density at radius 1 is 1.26 bits per heavy atom. The summed E-state index contributed by atoms with van der Waals surface area (Å²) in [5.41, 5.74) is 4.17. The van der Waals surface area contributed by atoms with Crippen molar-refractivity contribution in [3.63, 3.8) is 0 Å². The molecule has 0 saturated heterocycles. The lowest BCUT2D eigenvalue weighted by Gasteiger charge is -2.37. The Balaban J connectivity index is 1.77. The smallest absolute Gasteiger partial charge is 0.315 e. The second kappa shape index (κ2) is 10.5. The number of hydrogen-bond donors (Lipinski definition) is 2. The Hall–Kier alpha value is -3.28. The molecular formula is C29H38N4O2. The number of hydrogen-bond acceptors (Lipinski definition) is 5. The van der Waals surface area contributed by atoms with Crippen molar-refractivity contribution in [1.29, 1.82) is 0 Å². The molecule has 6 heteroatoms. The lowest BCUT2D eigenvalue weighted by atomic mass is 9.75. The average molecular weight is 475 g/mol. The lowest BCUT2D eigenvalue weighted by molar-refractivity contribution is 0.363. The van der Waals surface area contributed by atoms with E-state index in [-0.39, 0.29) is 11.2 Å². The number of aryl methyl sites for hydroxylation is 1. The predicted molar refractivity (Wildman–Crippen MR) is 142 cm³/mol. The van der Waals surface area contributed by atoms with Crippen LogP contribution in [-0.2, 0) is 24.8 Å². The highest BCUT2D eigenvalue weighted by molar-refractivity contribution is 5.67. The molecule has 1 aliphatic heterocycles. The third kappa shape index (κ3) is 4.79. The fourth-order valence-electron chi connectivity index (χ4n) is 5.69. The maximum atomic E-state index is 12.9. The van der Waals surface area contributed by atoms with Crippen molar-refractivity contribution < 1.29 is 5.11 Å². The first kappa shape index (κ1) is 24.8. The van der Waals surface area contributed by atoms with Gasteiger partial charge < -0.3 is 19.9 Å². The van der Waals surface area contributed by atoms with Crippen molar-refractivity contribution in [2.24, 2.45) is 0 Å². The standard InChI is InChI=1S/C29H38N4O2/c1-5-10-24(13-16-30-4)32-17-18-33-25(31-28(35)27(34)26(33)21(32)3)20-29(14-7-8-15-29)23-12-9-11-22(6-2)19-23/h9-13,16,19,30,34H,3,5-8,14-15,17-18,20H2,1-2,4H3/b16-13-,24-10+. The minimum atomic E-state index is -0.573. The van der Waals surface area contributed by atoms with Gasteiger partial charge in [0.05, 0.1) is 5.70 Å². The first-order chi connectivity index (χ1) is 16.9. The van der Waals surface area contributed by atoms with E-state index in [1.165, 1.54) is 24.0 Å². The molecule has 0 radical (unpaired) electrons. The normalized spacial score (nSPS) is 17.7. The minimum absolute atomic E-state index is 0.0381. The van der Waals surface area contributed by atoms with Crippen LogP contribution in [0.1, 0.15) is 68.6 Å². The number of nitrogens with one attached hydrogen (secondary N) is 1. The summed E-state index contributed by atoms with van der Waals surface area (Å²) in [6.45, 7) is 9.90. The van der Waals surface area contributed by atoms with Gasteiger partial charge in [0, 0.05) is 37.7 Å². The van der Waals surface area contributed by atoms with E-state index in [0.717, 1.165) is 37.2 Å². The number of rotatable bonds is 8. The fourth-order valence-corrected chi connectivity index (χ4v) is 5.69. The van der Waals surface area contributed by atoms with E-state index in [4.69, 9.17) is 0 Å². The molecule has 0 bridgehead atoms. The van der Waals surface area contributed by atoms with Crippen LogP contribution in [0.15, 0.2) is 59.7 Å². The van der Waals surface area contributed by atoms with Crippen LogP contribution in [0.25, 0.3) is 5.70 Å². The van der Waals surface area contributed by atoms with Gasteiger partial charge in [-0.2, -0.15) is 4.98 Å². The van der Waals surface area contributed by atoms with Gasteiger partial charge >= 0.3 is 5.56 Å². The Kier molecular flexibility index (Phi) is 7.48. The molecule has 2 heterocycles. The van der Waals surface area contributed by atoms with Crippen molar-refractivity contribution in [2.75, 3.05) is 13.6 Å². The summed E-state index contributed by atoms with van der Waals surface area (Å²) in [5, 5.41) is 13.9. The molecular weight excluding hydrogens is 436 g/mol. The van der Waals surface area contributed by atoms with E-state index in [1.807, 2.05) is 23.9 Å². The predicted octanol–water partition coefficient (Wildman–Crippen LogP) is 4.88. The van der Waals surface area contributed by atoms with Crippen molar-refractivity contribution in [3.05, 3.63) is 87.9 Å². The quantitative estimate of drug-likeness (QED) is 0.534. The van der Waals surface area contributed by atoms with Gasteiger partial charge in [-0.05, 0) is 49.1 Å². The highest BCUT2D eigenvalue weighted by Crippen LogP contribution is 2.44. The minimum Gasteiger partial charge on any atom is -0.501 e. The maximum Gasteiger partial charge on any atom is 0.315 e. The van der Waals surface area contributed by atoms with Crippen LogP contribution in [0.5, 0.6) is 5.75 Å². The molecule has 0 atom stereocenters. The number of aromatic hydroxyl groups is 1. The first-order valence-corrected chi connectivity index (χ1v) is 12.9. The summed E-state index contributed by atoms with van der Waals surface area (Å²) in [6.07, 6.45) is 13.1. The van der Waals surface area contributed by atoms with E-state index in [9.17, 15) is 9.90 Å². The summed E-state index contributed by atoms with van der Waals surface area (Å²) in [5.74, 6) is 0.435. The van der Waals surface area contributed by atoms with Crippen LogP contribution in [0.3, 0.4) is 0 Å². The zero-order chi connectivity index (χ0) is 25.0. The Bertz CT molecular complexity index is 1200. The summed E-state index contributed by atoms with van der Waals surface area (Å²) in [4.78, 5) is 19.4. The molecule has 1 fully saturated rings. The number of aromatic nitrogens is 2. The molecule has 0 spiro atoms. The van der Waals surface area contributed by atoms with Gasteiger partial charge in [0.1, 0.15) is 11.5 Å². The monoisotopic (exact) mass is 474 g/mol. The van der Waals surface area contributed by atoms with E-state index < -0.39 is 5.56 Å². The first-order valence-electron chi connectivity index (χ1n) is 12.9. The molecule has 6 nitrogen and oxygen atoms in total. The molecule has 2 aromatic rings. The molecule has 35 heavy (non-hydrogen) atoms. The Labute approximate surface area is 208 Å². The van der Waals surface area contributed by atoms with Crippen LogP contribution >= 0.6 is 0 Å².